The van der Waals surface area contributed by atoms with Crippen molar-refractivity contribution in [2.24, 2.45) is 0 Å². The molecule has 0 heterocycles. The Labute approximate surface area is 137 Å². The van der Waals surface area contributed by atoms with Gasteiger partial charge in [-0.3, -0.25) is 0 Å². The monoisotopic (exact) mass is 314 g/mol. The summed E-state index contributed by atoms with van der Waals surface area (Å²) < 4.78 is 0. The zero-order valence-corrected chi connectivity index (χ0v) is 15.7. The molecule has 0 radical (unpaired) electrons. The first kappa shape index (κ1) is 18.7. The first-order chi connectivity index (χ1) is 10.2. The normalized spacial score (nSPS) is 13.7. The van der Waals surface area contributed by atoms with E-state index < -0.39 is 8.07 Å². The fourth-order valence-electron chi connectivity index (χ4n) is 1.98. The topological polar surface area (TPSA) is 20.2 Å². The summed E-state index contributed by atoms with van der Waals surface area (Å²) in [5, 5.41) is 10.6. The van der Waals surface area contributed by atoms with Crippen LogP contribution in [0.25, 0.3) is 0 Å². The molecule has 1 nitrogen and oxygen atoms in total. The lowest BCUT2D eigenvalue weighted by molar-refractivity contribution is 0.284. The molecule has 1 atom stereocenters. The number of allylic oxidation sites excluding steroid dienone is 1. The van der Waals surface area contributed by atoms with Gasteiger partial charge in [-0.2, -0.15) is 0 Å². The number of aliphatic hydroxyl groups excluding tert-OH is 1. The average molecular weight is 315 g/mol. The molecule has 120 valence electrons. The molecule has 0 aromatic heterocycles. The van der Waals surface area contributed by atoms with Crippen LogP contribution in [-0.4, -0.2) is 18.9 Å². The van der Waals surface area contributed by atoms with Crippen LogP contribution in [0.1, 0.15) is 39.2 Å². The fraction of sp³-hybridized carbons (Fsp3) is 0.500. The Bertz CT molecular complexity index is 526. The number of hydrogen-bond donors (Lipinski definition) is 1. The van der Waals surface area contributed by atoms with Gasteiger partial charge in [0.15, 0.2) is 0 Å². The number of aliphatic hydroxyl groups is 1. The van der Waals surface area contributed by atoms with E-state index >= 15 is 0 Å². The third-order valence-electron chi connectivity index (χ3n) is 4.75. The largest absolute Gasteiger partial charge is 0.393 e. The quantitative estimate of drug-likeness (QED) is 0.462. The molecule has 0 bridgehead atoms. The van der Waals surface area contributed by atoms with Crippen LogP contribution in [-0.2, 0) is 6.42 Å². The number of unbranched alkanes of at least 4 members (excludes halogenated alkanes) is 1. The standard InChI is InChI=1S/C20H30OSi/c1-20(2,3)22(4,5)19(21)17-13-8-6-7-10-14-18-15-11-9-12-16-18/h9,11-13,15-17,19,21H,7,10,14H2,1-5H3/b17-13+/t19-/m1/s1. The molecule has 0 saturated heterocycles. The Morgan fingerprint density at radius 2 is 1.82 bits per heavy atom. The molecule has 1 aromatic rings. The summed E-state index contributed by atoms with van der Waals surface area (Å²) in [6.07, 6.45) is 6.76. The van der Waals surface area contributed by atoms with Crippen molar-refractivity contribution in [3.63, 3.8) is 0 Å². The van der Waals surface area contributed by atoms with E-state index in [1.165, 1.54) is 5.56 Å². The van der Waals surface area contributed by atoms with Crippen LogP contribution in [0.15, 0.2) is 42.5 Å². The summed E-state index contributed by atoms with van der Waals surface area (Å²) in [4.78, 5) is 0. The molecule has 1 rings (SSSR count). The first-order valence-electron chi connectivity index (χ1n) is 8.12. The third-order valence-corrected chi connectivity index (χ3v) is 10.3. The lowest BCUT2D eigenvalue weighted by Gasteiger charge is -2.39. The Hall–Kier alpha value is -1.30. The Kier molecular flexibility index (Phi) is 7.12. The van der Waals surface area contributed by atoms with Crippen LogP contribution in [0.2, 0.25) is 18.1 Å². The van der Waals surface area contributed by atoms with Gasteiger partial charge in [0.2, 0.25) is 0 Å². The fourth-order valence-corrected chi connectivity index (χ4v) is 3.44. The lowest BCUT2D eigenvalue weighted by Crippen LogP contribution is -2.48. The summed E-state index contributed by atoms with van der Waals surface area (Å²) in [6, 6.07) is 10.5. The van der Waals surface area contributed by atoms with Crippen molar-refractivity contribution in [1.82, 2.24) is 0 Å². The molecule has 0 unspecified atom stereocenters. The lowest BCUT2D eigenvalue weighted by atomic mass is 10.1. The van der Waals surface area contributed by atoms with Gasteiger partial charge < -0.3 is 5.11 Å². The molecule has 1 N–H and O–H groups in total. The molecular weight excluding hydrogens is 284 g/mol. The predicted molar refractivity (Wildman–Crippen MR) is 99.5 cm³/mol. The highest BCUT2D eigenvalue weighted by Crippen LogP contribution is 2.38. The number of aryl methyl sites for hydroxylation is 1. The maximum Gasteiger partial charge on any atom is 0.0914 e. The Morgan fingerprint density at radius 3 is 2.41 bits per heavy atom. The van der Waals surface area contributed by atoms with Gasteiger partial charge in [-0.25, -0.2) is 0 Å². The van der Waals surface area contributed by atoms with Gasteiger partial charge in [0.1, 0.15) is 0 Å². The minimum Gasteiger partial charge on any atom is -0.393 e. The second-order valence-electron chi connectivity index (χ2n) is 7.44. The molecule has 0 aliphatic heterocycles. The molecule has 0 spiro atoms. The van der Waals surface area contributed by atoms with E-state index in [0.717, 1.165) is 19.3 Å². The molecular formula is C20H30OSi. The Morgan fingerprint density at radius 1 is 1.18 bits per heavy atom. The van der Waals surface area contributed by atoms with Crippen LogP contribution in [0.3, 0.4) is 0 Å². The summed E-state index contributed by atoms with van der Waals surface area (Å²) in [7, 11) is -1.73. The van der Waals surface area contributed by atoms with Gasteiger partial charge in [0.05, 0.1) is 13.8 Å². The van der Waals surface area contributed by atoms with Crippen LogP contribution < -0.4 is 0 Å². The van der Waals surface area contributed by atoms with Crippen LogP contribution in [0, 0.1) is 11.8 Å². The molecule has 1 aromatic carbocycles. The predicted octanol–water partition coefficient (Wildman–Crippen LogP) is 4.98. The van der Waals surface area contributed by atoms with Gasteiger partial charge >= 0.3 is 0 Å². The summed E-state index contributed by atoms with van der Waals surface area (Å²) in [5.74, 6) is 6.23. The maximum absolute atomic E-state index is 10.4. The molecule has 2 heteroatoms. The second-order valence-corrected chi connectivity index (χ2v) is 13.0. The second kappa shape index (κ2) is 8.36. The van der Waals surface area contributed by atoms with Crippen LogP contribution in [0.5, 0.6) is 0 Å². The maximum atomic E-state index is 10.4. The van der Waals surface area contributed by atoms with Crippen molar-refractivity contribution < 1.29 is 5.11 Å². The van der Waals surface area contributed by atoms with Crippen molar-refractivity contribution in [2.45, 2.75) is 63.9 Å². The molecule has 0 saturated carbocycles. The van der Waals surface area contributed by atoms with Gasteiger partial charge in [0.25, 0.3) is 0 Å². The summed E-state index contributed by atoms with van der Waals surface area (Å²) in [5.41, 5.74) is 1.03. The van der Waals surface area contributed by atoms with Crippen LogP contribution in [0.4, 0.5) is 0 Å². The minimum absolute atomic E-state index is 0.180. The van der Waals surface area contributed by atoms with E-state index in [4.69, 9.17) is 0 Å². The van der Waals surface area contributed by atoms with Gasteiger partial charge in [-0.05, 0) is 29.5 Å². The van der Waals surface area contributed by atoms with E-state index in [0.29, 0.717) is 0 Å². The number of hydrogen-bond acceptors (Lipinski definition) is 1. The molecule has 22 heavy (non-hydrogen) atoms. The van der Waals surface area contributed by atoms with E-state index in [-0.39, 0.29) is 10.8 Å². The summed E-state index contributed by atoms with van der Waals surface area (Å²) >= 11 is 0. The highest BCUT2D eigenvalue weighted by atomic mass is 28.3. The summed E-state index contributed by atoms with van der Waals surface area (Å²) in [6.45, 7) is 11.1. The van der Waals surface area contributed by atoms with Crippen LogP contribution >= 0.6 is 0 Å². The van der Waals surface area contributed by atoms with Crippen molar-refractivity contribution in [1.29, 1.82) is 0 Å². The van der Waals surface area contributed by atoms with E-state index in [1.54, 1.807) is 0 Å². The zero-order valence-electron chi connectivity index (χ0n) is 14.7. The van der Waals surface area contributed by atoms with Crippen molar-refractivity contribution in [3.8, 4) is 11.8 Å². The molecule has 0 aliphatic carbocycles. The molecule has 0 aliphatic rings. The third kappa shape index (κ3) is 5.83. The zero-order chi connectivity index (χ0) is 16.6. The highest BCUT2D eigenvalue weighted by molar-refractivity contribution is 6.81. The first-order valence-corrected chi connectivity index (χ1v) is 11.2. The molecule has 0 amide bonds. The van der Waals surface area contributed by atoms with Crippen molar-refractivity contribution >= 4 is 8.07 Å². The SMILES string of the molecule is CC(C)(C)[Si](C)(C)[C@@H](O)/C=C/C#CCCCc1ccccc1. The van der Waals surface area contributed by atoms with Crippen molar-refractivity contribution in [2.75, 3.05) is 0 Å². The van der Waals surface area contributed by atoms with E-state index in [1.807, 2.05) is 18.2 Å². The average Bonchev–Trinajstić information content (AvgIpc) is 2.45. The van der Waals surface area contributed by atoms with Gasteiger partial charge in [-0.15, -0.1) is 0 Å². The highest BCUT2D eigenvalue weighted by Gasteiger charge is 2.40. The molecule has 0 fully saturated rings. The number of rotatable bonds is 5. The van der Waals surface area contributed by atoms with E-state index in [9.17, 15) is 5.11 Å². The van der Waals surface area contributed by atoms with E-state index in [2.05, 4.69) is 70.0 Å². The van der Waals surface area contributed by atoms with Gasteiger partial charge in [-0.1, -0.05) is 82.1 Å². The van der Waals surface area contributed by atoms with Gasteiger partial charge in [0, 0.05) is 6.42 Å². The minimum atomic E-state index is -1.73. The Balaban J connectivity index is 2.37. The number of benzene rings is 1. The van der Waals surface area contributed by atoms with Crippen molar-refractivity contribution in [3.05, 3.63) is 48.0 Å². The smallest absolute Gasteiger partial charge is 0.0914 e.